The number of hydrogen-bond donors (Lipinski definition) is 3. The molecule has 7 heteroatoms. The third kappa shape index (κ3) is 3.74. The lowest BCUT2D eigenvalue weighted by Crippen LogP contribution is -2.15. The van der Waals surface area contributed by atoms with E-state index in [9.17, 15) is 4.79 Å². The highest BCUT2D eigenvalue weighted by Crippen LogP contribution is 2.24. The first-order valence-corrected chi connectivity index (χ1v) is 7.02. The summed E-state index contributed by atoms with van der Waals surface area (Å²) in [6.07, 6.45) is 0. The van der Waals surface area contributed by atoms with Crippen LogP contribution in [0.25, 0.3) is 0 Å². The number of carbonyl (C=O) groups is 1. The topological polar surface area (TPSA) is 87.7 Å². The van der Waals surface area contributed by atoms with Crippen LogP contribution in [-0.4, -0.2) is 17.0 Å². The van der Waals surface area contributed by atoms with E-state index in [0.717, 1.165) is 4.47 Å². The number of nitrogens with one attached hydrogen (secondary N) is 1. The standard InChI is InChI=1S/C14H11BrClN3O2/c15-10-3-1-2-9(6-10)14(20)18-12-7-8(13(17)19-21)4-5-11(12)16/h1-7,21H,(H2,17,19)(H,18,20). The quantitative estimate of drug-likeness (QED) is 0.335. The molecule has 2 aromatic rings. The van der Waals surface area contributed by atoms with Gasteiger partial charge in [-0.3, -0.25) is 4.79 Å². The molecule has 2 aromatic carbocycles. The molecule has 0 aliphatic rings. The Morgan fingerprint density at radius 3 is 2.67 bits per heavy atom. The third-order valence-corrected chi connectivity index (χ3v) is 3.53. The summed E-state index contributed by atoms with van der Waals surface area (Å²) in [5.41, 5.74) is 6.82. The Morgan fingerprint density at radius 1 is 1.24 bits per heavy atom. The van der Waals surface area contributed by atoms with Crippen molar-refractivity contribution in [2.45, 2.75) is 0 Å². The van der Waals surface area contributed by atoms with Gasteiger partial charge in [0.2, 0.25) is 0 Å². The van der Waals surface area contributed by atoms with Crippen LogP contribution in [0.3, 0.4) is 0 Å². The van der Waals surface area contributed by atoms with Crippen molar-refractivity contribution in [1.29, 1.82) is 0 Å². The van der Waals surface area contributed by atoms with Crippen molar-refractivity contribution in [3.05, 3.63) is 63.1 Å². The van der Waals surface area contributed by atoms with E-state index in [4.69, 9.17) is 22.5 Å². The van der Waals surface area contributed by atoms with E-state index in [1.165, 1.54) is 6.07 Å². The molecule has 21 heavy (non-hydrogen) atoms. The maximum atomic E-state index is 12.2. The molecule has 0 aromatic heterocycles. The number of nitrogens with zero attached hydrogens (tertiary/aromatic N) is 1. The molecule has 0 bridgehead atoms. The predicted molar refractivity (Wildman–Crippen MR) is 86.1 cm³/mol. The zero-order chi connectivity index (χ0) is 15.4. The molecule has 108 valence electrons. The van der Waals surface area contributed by atoms with Crippen LogP contribution in [0.15, 0.2) is 52.1 Å². The molecule has 0 spiro atoms. The highest BCUT2D eigenvalue weighted by molar-refractivity contribution is 9.10. The second-order valence-corrected chi connectivity index (χ2v) is 5.47. The fourth-order valence-corrected chi connectivity index (χ4v) is 2.23. The van der Waals surface area contributed by atoms with E-state index in [1.807, 2.05) is 6.07 Å². The van der Waals surface area contributed by atoms with Crippen LogP contribution in [-0.2, 0) is 0 Å². The van der Waals surface area contributed by atoms with Crippen molar-refractivity contribution in [3.63, 3.8) is 0 Å². The number of halogens is 2. The van der Waals surface area contributed by atoms with Crippen molar-refractivity contribution < 1.29 is 10.0 Å². The van der Waals surface area contributed by atoms with Gasteiger partial charge in [-0.15, -0.1) is 0 Å². The van der Waals surface area contributed by atoms with Crippen molar-refractivity contribution in [1.82, 2.24) is 0 Å². The molecule has 5 nitrogen and oxygen atoms in total. The average Bonchev–Trinajstić information content (AvgIpc) is 2.48. The summed E-state index contributed by atoms with van der Waals surface area (Å²) in [5.74, 6) is -0.375. The minimum atomic E-state index is -0.310. The Hall–Kier alpha value is -2.05. The van der Waals surface area contributed by atoms with Crippen molar-refractivity contribution >= 4 is 45.0 Å². The number of amidine groups is 1. The number of anilines is 1. The number of amides is 1. The minimum Gasteiger partial charge on any atom is -0.409 e. The molecule has 1 amide bonds. The number of carbonyl (C=O) groups excluding carboxylic acids is 1. The Balaban J connectivity index is 2.29. The first-order chi connectivity index (χ1) is 10.0. The summed E-state index contributed by atoms with van der Waals surface area (Å²) in [6.45, 7) is 0. The van der Waals surface area contributed by atoms with Crippen molar-refractivity contribution in [2.75, 3.05) is 5.32 Å². The minimum absolute atomic E-state index is 0.0652. The van der Waals surface area contributed by atoms with E-state index in [0.29, 0.717) is 21.8 Å². The molecule has 0 saturated carbocycles. The van der Waals surface area contributed by atoms with Crippen LogP contribution in [0.4, 0.5) is 5.69 Å². The summed E-state index contributed by atoms with van der Waals surface area (Å²) < 4.78 is 0.798. The molecule has 2 rings (SSSR count). The van der Waals surface area contributed by atoms with Gasteiger partial charge in [0.25, 0.3) is 5.91 Å². The van der Waals surface area contributed by atoms with Gasteiger partial charge in [-0.2, -0.15) is 0 Å². The van der Waals surface area contributed by atoms with E-state index in [1.54, 1.807) is 30.3 Å². The van der Waals surface area contributed by atoms with Gasteiger partial charge in [-0.25, -0.2) is 0 Å². The smallest absolute Gasteiger partial charge is 0.255 e. The first-order valence-electron chi connectivity index (χ1n) is 5.85. The van der Waals surface area contributed by atoms with Crippen LogP contribution in [0.2, 0.25) is 5.02 Å². The van der Waals surface area contributed by atoms with Gasteiger partial charge in [0.05, 0.1) is 10.7 Å². The van der Waals surface area contributed by atoms with Gasteiger partial charge in [-0.1, -0.05) is 38.8 Å². The molecule has 0 heterocycles. The number of oxime groups is 1. The fourth-order valence-electron chi connectivity index (χ4n) is 1.66. The lowest BCUT2D eigenvalue weighted by atomic mass is 10.1. The molecule has 0 saturated heterocycles. The largest absolute Gasteiger partial charge is 0.409 e. The van der Waals surface area contributed by atoms with Gasteiger partial charge < -0.3 is 16.3 Å². The van der Waals surface area contributed by atoms with E-state index < -0.39 is 0 Å². The lowest BCUT2D eigenvalue weighted by Gasteiger charge is -2.09. The second kappa shape index (κ2) is 6.60. The summed E-state index contributed by atoms with van der Waals surface area (Å²) in [6, 6.07) is 11.6. The molecule has 0 aliphatic carbocycles. The van der Waals surface area contributed by atoms with Crippen LogP contribution in [0.1, 0.15) is 15.9 Å². The molecule has 0 unspecified atom stereocenters. The number of hydrogen-bond acceptors (Lipinski definition) is 3. The van der Waals surface area contributed by atoms with Gasteiger partial charge in [0, 0.05) is 15.6 Å². The molecule has 0 radical (unpaired) electrons. The Labute approximate surface area is 134 Å². The van der Waals surface area contributed by atoms with Crippen LogP contribution in [0, 0.1) is 0 Å². The van der Waals surface area contributed by atoms with E-state index >= 15 is 0 Å². The highest BCUT2D eigenvalue weighted by Gasteiger charge is 2.10. The Bertz CT molecular complexity index is 719. The van der Waals surface area contributed by atoms with Crippen molar-refractivity contribution in [2.24, 2.45) is 10.9 Å². The molecule has 0 fully saturated rings. The number of benzene rings is 2. The number of nitrogens with two attached hydrogens (primary N) is 1. The highest BCUT2D eigenvalue weighted by atomic mass is 79.9. The second-order valence-electron chi connectivity index (χ2n) is 4.14. The van der Waals surface area contributed by atoms with Gasteiger partial charge >= 0.3 is 0 Å². The normalized spacial score (nSPS) is 11.2. The summed E-state index contributed by atoms with van der Waals surface area (Å²) in [4.78, 5) is 12.2. The van der Waals surface area contributed by atoms with Gasteiger partial charge in [-0.05, 0) is 36.4 Å². The molecule has 0 atom stereocenters. The Morgan fingerprint density at radius 2 is 2.00 bits per heavy atom. The molecular formula is C14H11BrClN3O2. The van der Waals surface area contributed by atoms with Gasteiger partial charge in [0.1, 0.15) is 0 Å². The number of rotatable bonds is 3. The zero-order valence-electron chi connectivity index (χ0n) is 10.7. The van der Waals surface area contributed by atoms with Crippen LogP contribution in [0.5, 0.6) is 0 Å². The SMILES string of the molecule is N/C(=N/O)c1ccc(Cl)c(NC(=O)c2cccc(Br)c2)c1. The summed E-state index contributed by atoms with van der Waals surface area (Å²) >= 11 is 9.34. The van der Waals surface area contributed by atoms with Crippen LogP contribution >= 0.6 is 27.5 Å². The average molecular weight is 369 g/mol. The molecule has 4 N–H and O–H groups in total. The molecule has 0 aliphatic heterocycles. The third-order valence-electron chi connectivity index (χ3n) is 2.70. The zero-order valence-corrected chi connectivity index (χ0v) is 13.0. The van der Waals surface area contributed by atoms with E-state index in [-0.39, 0.29) is 11.7 Å². The van der Waals surface area contributed by atoms with E-state index in [2.05, 4.69) is 26.4 Å². The first kappa shape index (κ1) is 15.3. The summed E-state index contributed by atoms with van der Waals surface area (Å²) in [7, 11) is 0. The maximum Gasteiger partial charge on any atom is 0.255 e. The lowest BCUT2D eigenvalue weighted by molar-refractivity contribution is 0.102. The maximum absolute atomic E-state index is 12.2. The Kier molecular flexibility index (Phi) is 4.82. The summed E-state index contributed by atoms with van der Waals surface area (Å²) in [5, 5.41) is 14.6. The van der Waals surface area contributed by atoms with Gasteiger partial charge in [0.15, 0.2) is 5.84 Å². The van der Waals surface area contributed by atoms with Crippen LogP contribution < -0.4 is 11.1 Å². The van der Waals surface area contributed by atoms with Crippen molar-refractivity contribution in [3.8, 4) is 0 Å². The fraction of sp³-hybridized carbons (Fsp3) is 0. The predicted octanol–water partition coefficient (Wildman–Crippen LogP) is 3.45. The monoisotopic (exact) mass is 367 g/mol. The molecular weight excluding hydrogens is 358 g/mol.